The number of aromatic nitrogens is 3. The molecule has 0 amide bonds. The van der Waals surface area contributed by atoms with Gasteiger partial charge >= 0.3 is 5.69 Å². The molecule has 114 valence electrons. The van der Waals surface area contributed by atoms with Gasteiger partial charge in [0.25, 0.3) is 0 Å². The smallest absolute Gasteiger partial charge is 0.309 e. The van der Waals surface area contributed by atoms with Crippen molar-refractivity contribution in [2.75, 3.05) is 6.54 Å². The van der Waals surface area contributed by atoms with Gasteiger partial charge < -0.3 is 5.32 Å². The first kappa shape index (κ1) is 15.9. The van der Waals surface area contributed by atoms with E-state index in [4.69, 9.17) is 0 Å². The lowest BCUT2D eigenvalue weighted by Crippen LogP contribution is -2.29. The van der Waals surface area contributed by atoms with Gasteiger partial charge in [0.2, 0.25) is 0 Å². The summed E-state index contributed by atoms with van der Waals surface area (Å²) in [7, 11) is 0. The van der Waals surface area contributed by atoms with Gasteiger partial charge in [0.15, 0.2) is 5.16 Å². The van der Waals surface area contributed by atoms with Crippen LogP contribution in [0.3, 0.4) is 0 Å². The molecule has 0 bridgehead atoms. The van der Waals surface area contributed by atoms with Crippen LogP contribution in [-0.2, 0) is 6.54 Å². The largest absolute Gasteiger partial charge is 0.343 e. The number of aromatic amines is 1. The third-order valence-electron chi connectivity index (χ3n) is 3.38. The van der Waals surface area contributed by atoms with Crippen LogP contribution < -0.4 is 11.0 Å². The van der Waals surface area contributed by atoms with E-state index in [2.05, 4.69) is 41.5 Å². The first-order valence-electron chi connectivity index (χ1n) is 7.27. The maximum absolute atomic E-state index is 11.6. The first-order valence-corrected chi connectivity index (χ1v) is 8.15. The van der Waals surface area contributed by atoms with Gasteiger partial charge in [-0.05, 0) is 19.0 Å². The molecule has 0 saturated heterocycles. The van der Waals surface area contributed by atoms with E-state index in [0.717, 1.165) is 11.7 Å². The minimum Gasteiger partial charge on any atom is -0.309 e. The SMILES string of the molecule is CCNC(c1ccccc1)C(C)Sc1n[nH]c(=O)n1CC. The Morgan fingerprint density at radius 1 is 1.33 bits per heavy atom. The zero-order valence-corrected chi connectivity index (χ0v) is 13.5. The monoisotopic (exact) mass is 306 g/mol. The number of nitrogens with one attached hydrogen (secondary N) is 2. The summed E-state index contributed by atoms with van der Waals surface area (Å²) < 4.78 is 1.66. The fourth-order valence-electron chi connectivity index (χ4n) is 2.34. The molecular formula is C15H22N4OS. The van der Waals surface area contributed by atoms with E-state index in [9.17, 15) is 4.79 Å². The Balaban J connectivity index is 2.19. The standard InChI is InChI=1S/C15H22N4OS/c1-4-16-13(12-9-7-6-8-10-12)11(3)21-15-18-17-14(20)19(15)5-2/h6-11,13,16H,4-5H2,1-3H3,(H,17,20). The van der Waals surface area contributed by atoms with Crippen molar-refractivity contribution in [2.45, 2.75) is 43.8 Å². The van der Waals surface area contributed by atoms with E-state index in [1.807, 2.05) is 25.1 Å². The molecule has 2 atom stereocenters. The van der Waals surface area contributed by atoms with Crippen molar-refractivity contribution in [3.8, 4) is 0 Å². The Morgan fingerprint density at radius 2 is 2.05 bits per heavy atom. The average molecular weight is 306 g/mol. The second kappa shape index (κ2) is 7.47. The highest BCUT2D eigenvalue weighted by molar-refractivity contribution is 7.99. The summed E-state index contributed by atoms with van der Waals surface area (Å²) >= 11 is 1.62. The Morgan fingerprint density at radius 3 is 2.67 bits per heavy atom. The number of H-pyrrole nitrogens is 1. The zero-order chi connectivity index (χ0) is 15.2. The molecule has 0 radical (unpaired) electrons. The molecule has 2 N–H and O–H groups in total. The van der Waals surface area contributed by atoms with Crippen molar-refractivity contribution in [1.82, 2.24) is 20.1 Å². The lowest BCUT2D eigenvalue weighted by Gasteiger charge is -2.24. The second-order valence-electron chi connectivity index (χ2n) is 4.82. The number of hydrogen-bond donors (Lipinski definition) is 2. The lowest BCUT2D eigenvalue weighted by atomic mass is 10.0. The van der Waals surface area contributed by atoms with Crippen molar-refractivity contribution >= 4 is 11.8 Å². The highest BCUT2D eigenvalue weighted by atomic mass is 32.2. The Kier molecular flexibility index (Phi) is 5.64. The molecule has 0 fully saturated rings. The quantitative estimate of drug-likeness (QED) is 0.771. The van der Waals surface area contributed by atoms with E-state index in [0.29, 0.717) is 6.54 Å². The molecule has 0 aliphatic rings. The molecule has 1 aromatic carbocycles. The number of hydrogen-bond acceptors (Lipinski definition) is 4. The summed E-state index contributed by atoms with van der Waals surface area (Å²) in [6.45, 7) is 7.73. The van der Waals surface area contributed by atoms with Crippen LogP contribution >= 0.6 is 11.8 Å². The molecule has 1 heterocycles. The van der Waals surface area contributed by atoms with Crippen molar-refractivity contribution in [3.63, 3.8) is 0 Å². The van der Waals surface area contributed by atoms with Gasteiger partial charge in [-0.2, -0.15) is 0 Å². The van der Waals surface area contributed by atoms with E-state index in [1.165, 1.54) is 5.56 Å². The zero-order valence-electron chi connectivity index (χ0n) is 12.7. The van der Waals surface area contributed by atoms with Crippen LogP contribution in [0.4, 0.5) is 0 Å². The topological polar surface area (TPSA) is 62.7 Å². The number of thioether (sulfide) groups is 1. The first-order chi connectivity index (χ1) is 10.2. The molecule has 6 heteroatoms. The van der Waals surface area contributed by atoms with E-state index < -0.39 is 0 Å². The van der Waals surface area contributed by atoms with E-state index in [-0.39, 0.29) is 17.0 Å². The summed E-state index contributed by atoms with van der Waals surface area (Å²) in [6.07, 6.45) is 0. The van der Waals surface area contributed by atoms with Crippen LogP contribution in [0, 0.1) is 0 Å². The van der Waals surface area contributed by atoms with Crippen LogP contribution in [0.2, 0.25) is 0 Å². The minimum atomic E-state index is -0.146. The third kappa shape index (κ3) is 3.77. The Labute approximate surface area is 129 Å². The molecule has 1 aromatic heterocycles. The van der Waals surface area contributed by atoms with Crippen LogP contribution in [-0.4, -0.2) is 26.6 Å². The number of benzene rings is 1. The second-order valence-corrected chi connectivity index (χ2v) is 6.17. The van der Waals surface area contributed by atoms with Crippen LogP contribution in [0.1, 0.15) is 32.4 Å². The maximum Gasteiger partial charge on any atom is 0.343 e. The molecular weight excluding hydrogens is 284 g/mol. The van der Waals surface area contributed by atoms with Gasteiger partial charge in [-0.3, -0.25) is 4.57 Å². The number of nitrogens with zero attached hydrogens (tertiary/aromatic N) is 2. The van der Waals surface area contributed by atoms with Crippen molar-refractivity contribution in [3.05, 3.63) is 46.4 Å². The Bertz CT molecular complexity index is 608. The molecule has 21 heavy (non-hydrogen) atoms. The van der Waals surface area contributed by atoms with E-state index >= 15 is 0 Å². The van der Waals surface area contributed by atoms with Crippen molar-refractivity contribution in [1.29, 1.82) is 0 Å². The van der Waals surface area contributed by atoms with Gasteiger partial charge in [0, 0.05) is 17.8 Å². The van der Waals surface area contributed by atoms with Gasteiger partial charge in [-0.25, -0.2) is 9.89 Å². The van der Waals surface area contributed by atoms with Gasteiger partial charge in [-0.15, -0.1) is 5.10 Å². The average Bonchev–Trinajstić information content (AvgIpc) is 2.85. The Hall–Kier alpha value is -1.53. The summed E-state index contributed by atoms with van der Waals surface area (Å²) in [5.41, 5.74) is 1.10. The number of rotatable bonds is 7. The minimum absolute atomic E-state index is 0.146. The lowest BCUT2D eigenvalue weighted by molar-refractivity contribution is 0.545. The molecule has 0 aliphatic carbocycles. The van der Waals surface area contributed by atoms with Crippen molar-refractivity contribution < 1.29 is 0 Å². The molecule has 0 spiro atoms. The van der Waals surface area contributed by atoms with Crippen LogP contribution in [0.25, 0.3) is 0 Å². The van der Waals surface area contributed by atoms with Crippen LogP contribution in [0.5, 0.6) is 0 Å². The fraction of sp³-hybridized carbons (Fsp3) is 0.467. The van der Waals surface area contributed by atoms with Crippen LogP contribution in [0.15, 0.2) is 40.3 Å². The molecule has 0 saturated carbocycles. The molecule has 2 aromatic rings. The van der Waals surface area contributed by atoms with E-state index in [1.54, 1.807) is 16.3 Å². The fourth-order valence-corrected chi connectivity index (χ4v) is 3.50. The summed E-state index contributed by atoms with van der Waals surface area (Å²) in [5.74, 6) is 0. The molecule has 2 unspecified atom stereocenters. The highest BCUT2D eigenvalue weighted by Gasteiger charge is 2.21. The third-order valence-corrected chi connectivity index (χ3v) is 4.55. The molecule has 5 nitrogen and oxygen atoms in total. The predicted molar refractivity (Wildman–Crippen MR) is 86.7 cm³/mol. The van der Waals surface area contributed by atoms with Gasteiger partial charge in [0.05, 0.1) is 0 Å². The van der Waals surface area contributed by atoms with Crippen molar-refractivity contribution in [2.24, 2.45) is 0 Å². The van der Waals surface area contributed by atoms with Gasteiger partial charge in [-0.1, -0.05) is 55.9 Å². The van der Waals surface area contributed by atoms with Gasteiger partial charge in [0.1, 0.15) is 0 Å². The normalized spacial score (nSPS) is 14.0. The highest BCUT2D eigenvalue weighted by Crippen LogP contribution is 2.30. The summed E-state index contributed by atoms with van der Waals surface area (Å²) in [6, 6.07) is 10.6. The summed E-state index contributed by atoms with van der Waals surface area (Å²) in [5, 5.41) is 11.2. The molecule has 0 aliphatic heterocycles. The molecule has 2 rings (SSSR count). The summed E-state index contributed by atoms with van der Waals surface area (Å²) in [4.78, 5) is 11.6. The predicted octanol–water partition coefficient (Wildman–Crippen LogP) is 2.42. The maximum atomic E-state index is 11.6.